The van der Waals surface area contributed by atoms with Gasteiger partial charge in [-0.2, -0.15) is 0 Å². The predicted molar refractivity (Wildman–Crippen MR) is 81.1 cm³/mol. The van der Waals surface area contributed by atoms with E-state index in [2.05, 4.69) is 16.7 Å². The van der Waals surface area contributed by atoms with Crippen LogP contribution in [0.25, 0.3) is 0 Å². The van der Waals surface area contributed by atoms with Gasteiger partial charge in [-0.15, -0.1) is 0 Å². The number of hydrogen-bond donors (Lipinski definition) is 1. The van der Waals surface area contributed by atoms with Crippen molar-refractivity contribution in [2.24, 2.45) is 5.73 Å². The quantitative estimate of drug-likeness (QED) is 0.867. The third-order valence-corrected chi connectivity index (χ3v) is 4.07. The molecule has 0 aromatic heterocycles. The largest absolute Gasteiger partial charge is 0.324 e. The van der Waals surface area contributed by atoms with Crippen LogP contribution in [-0.2, 0) is 0 Å². The van der Waals surface area contributed by atoms with Crippen molar-refractivity contribution in [1.82, 2.24) is 9.80 Å². The number of nitrogens with two attached hydrogens (primary N) is 1. The molecule has 3 nitrogen and oxygen atoms in total. The molecule has 0 spiro atoms. The Morgan fingerprint density at radius 2 is 1.70 bits per heavy atom. The molecule has 1 saturated heterocycles. The van der Waals surface area contributed by atoms with E-state index in [0.717, 1.165) is 39.1 Å². The highest BCUT2D eigenvalue weighted by molar-refractivity contribution is 5.20. The minimum Gasteiger partial charge on any atom is -0.324 e. The zero-order chi connectivity index (χ0) is 14.4. The van der Waals surface area contributed by atoms with Gasteiger partial charge >= 0.3 is 0 Å². The first-order chi connectivity index (χ1) is 9.70. The first kappa shape index (κ1) is 15.4. The van der Waals surface area contributed by atoms with E-state index in [0.29, 0.717) is 5.56 Å². The average Bonchev–Trinajstić information content (AvgIpc) is 2.47. The lowest BCUT2D eigenvalue weighted by atomic mass is 10.0. The molecule has 0 saturated carbocycles. The summed E-state index contributed by atoms with van der Waals surface area (Å²) in [6.07, 6.45) is 2.03. The third-order valence-electron chi connectivity index (χ3n) is 4.07. The fourth-order valence-electron chi connectivity index (χ4n) is 2.81. The second-order valence-corrected chi connectivity index (χ2v) is 5.60. The summed E-state index contributed by atoms with van der Waals surface area (Å²) >= 11 is 0. The Morgan fingerprint density at radius 1 is 1.10 bits per heavy atom. The molecule has 1 heterocycles. The van der Waals surface area contributed by atoms with Crippen LogP contribution in [0.15, 0.2) is 24.3 Å². The Morgan fingerprint density at radius 3 is 2.30 bits per heavy atom. The van der Waals surface area contributed by atoms with E-state index >= 15 is 0 Å². The highest BCUT2D eigenvalue weighted by Crippen LogP contribution is 2.18. The fraction of sp³-hybridized carbons (Fsp3) is 0.625. The molecule has 1 aliphatic heterocycles. The van der Waals surface area contributed by atoms with Gasteiger partial charge in [0.2, 0.25) is 0 Å². The molecule has 1 aliphatic rings. The second kappa shape index (κ2) is 7.72. The molecule has 1 unspecified atom stereocenters. The van der Waals surface area contributed by atoms with Crippen molar-refractivity contribution in [2.75, 3.05) is 39.3 Å². The van der Waals surface area contributed by atoms with Crippen molar-refractivity contribution in [2.45, 2.75) is 25.8 Å². The zero-order valence-electron chi connectivity index (χ0n) is 12.4. The summed E-state index contributed by atoms with van der Waals surface area (Å²) in [6.45, 7) is 8.86. The topological polar surface area (TPSA) is 32.5 Å². The van der Waals surface area contributed by atoms with E-state index in [4.69, 9.17) is 5.73 Å². The summed E-state index contributed by atoms with van der Waals surface area (Å²) in [5.74, 6) is -0.187. The van der Waals surface area contributed by atoms with Gasteiger partial charge in [-0.3, -0.25) is 0 Å². The molecule has 20 heavy (non-hydrogen) atoms. The van der Waals surface area contributed by atoms with Gasteiger partial charge in [0.25, 0.3) is 0 Å². The third kappa shape index (κ3) is 4.27. The van der Waals surface area contributed by atoms with Crippen LogP contribution in [-0.4, -0.2) is 49.1 Å². The maximum atomic E-state index is 13.6. The molecule has 1 aromatic rings. The SMILES string of the molecule is CCCN1CCN(CCC(N)c2ccccc2F)CC1. The Hall–Kier alpha value is -0.970. The minimum absolute atomic E-state index is 0.187. The second-order valence-electron chi connectivity index (χ2n) is 5.60. The monoisotopic (exact) mass is 279 g/mol. The Kier molecular flexibility index (Phi) is 5.95. The molecular weight excluding hydrogens is 253 g/mol. The summed E-state index contributed by atoms with van der Waals surface area (Å²) in [4.78, 5) is 4.94. The van der Waals surface area contributed by atoms with E-state index in [1.807, 2.05) is 6.07 Å². The van der Waals surface area contributed by atoms with E-state index in [1.165, 1.54) is 19.0 Å². The van der Waals surface area contributed by atoms with Crippen LogP contribution >= 0.6 is 0 Å². The molecule has 1 fully saturated rings. The first-order valence-corrected chi connectivity index (χ1v) is 7.65. The molecule has 1 atom stereocenters. The van der Waals surface area contributed by atoms with Gasteiger partial charge in [-0.25, -0.2) is 4.39 Å². The smallest absolute Gasteiger partial charge is 0.127 e. The van der Waals surface area contributed by atoms with E-state index in [1.54, 1.807) is 12.1 Å². The van der Waals surface area contributed by atoms with Crippen LogP contribution in [0.5, 0.6) is 0 Å². The lowest BCUT2D eigenvalue weighted by Crippen LogP contribution is -2.47. The maximum Gasteiger partial charge on any atom is 0.127 e. The van der Waals surface area contributed by atoms with Crippen molar-refractivity contribution >= 4 is 0 Å². The van der Waals surface area contributed by atoms with Gasteiger partial charge in [0.05, 0.1) is 0 Å². The number of rotatable bonds is 6. The van der Waals surface area contributed by atoms with Crippen molar-refractivity contribution < 1.29 is 4.39 Å². The lowest BCUT2D eigenvalue weighted by Gasteiger charge is -2.35. The van der Waals surface area contributed by atoms with Crippen molar-refractivity contribution in [3.63, 3.8) is 0 Å². The van der Waals surface area contributed by atoms with Gasteiger partial charge in [-0.05, 0) is 25.5 Å². The van der Waals surface area contributed by atoms with Gasteiger partial charge in [0.1, 0.15) is 5.82 Å². The Balaban J connectivity index is 1.75. The molecule has 112 valence electrons. The number of halogens is 1. The molecule has 0 bridgehead atoms. The first-order valence-electron chi connectivity index (χ1n) is 7.65. The van der Waals surface area contributed by atoms with E-state index in [9.17, 15) is 4.39 Å². The maximum absolute atomic E-state index is 13.6. The van der Waals surface area contributed by atoms with Gasteiger partial charge in [-0.1, -0.05) is 25.1 Å². The summed E-state index contributed by atoms with van der Waals surface area (Å²) in [7, 11) is 0. The molecule has 2 N–H and O–H groups in total. The minimum atomic E-state index is -0.204. The van der Waals surface area contributed by atoms with Gasteiger partial charge < -0.3 is 15.5 Å². The fourth-order valence-corrected chi connectivity index (χ4v) is 2.81. The van der Waals surface area contributed by atoms with Gasteiger partial charge in [0, 0.05) is 44.3 Å². The normalized spacial score (nSPS) is 19.1. The number of piperazine rings is 1. The van der Waals surface area contributed by atoms with Gasteiger partial charge in [0.15, 0.2) is 0 Å². The van der Waals surface area contributed by atoms with Crippen LogP contribution in [0.2, 0.25) is 0 Å². The Labute approximate surface area is 121 Å². The highest BCUT2D eigenvalue weighted by atomic mass is 19.1. The molecule has 0 aliphatic carbocycles. The number of nitrogens with zero attached hydrogens (tertiary/aromatic N) is 2. The van der Waals surface area contributed by atoms with Crippen molar-refractivity contribution in [3.05, 3.63) is 35.6 Å². The van der Waals surface area contributed by atoms with Crippen LogP contribution in [0, 0.1) is 5.82 Å². The molecule has 4 heteroatoms. The molecule has 1 aromatic carbocycles. The van der Waals surface area contributed by atoms with Crippen LogP contribution < -0.4 is 5.73 Å². The summed E-state index contributed by atoms with van der Waals surface area (Å²) in [5.41, 5.74) is 6.75. The van der Waals surface area contributed by atoms with E-state index < -0.39 is 0 Å². The Bertz CT molecular complexity index is 402. The van der Waals surface area contributed by atoms with Crippen molar-refractivity contribution in [3.8, 4) is 0 Å². The van der Waals surface area contributed by atoms with Crippen LogP contribution in [0.1, 0.15) is 31.4 Å². The summed E-state index contributed by atoms with van der Waals surface area (Å²) in [6, 6.07) is 6.63. The number of benzene rings is 1. The lowest BCUT2D eigenvalue weighted by molar-refractivity contribution is 0.129. The average molecular weight is 279 g/mol. The highest BCUT2D eigenvalue weighted by Gasteiger charge is 2.17. The number of hydrogen-bond acceptors (Lipinski definition) is 3. The molecular formula is C16H26FN3. The van der Waals surface area contributed by atoms with Crippen LogP contribution in [0.4, 0.5) is 4.39 Å². The van der Waals surface area contributed by atoms with Crippen molar-refractivity contribution in [1.29, 1.82) is 0 Å². The summed E-state index contributed by atoms with van der Waals surface area (Å²) < 4.78 is 13.6. The van der Waals surface area contributed by atoms with Crippen LogP contribution in [0.3, 0.4) is 0 Å². The van der Waals surface area contributed by atoms with E-state index in [-0.39, 0.29) is 11.9 Å². The molecule has 2 rings (SSSR count). The summed E-state index contributed by atoms with van der Waals surface area (Å²) in [5, 5.41) is 0. The molecule has 0 amide bonds. The predicted octanol–water partition coefficient (Wildman–Crippen LogP) is 2.24. The standard InChI is InChI=1S/C16H26FN3/c1-2-8-19-10-12-20(13-11-19)9-7-16(18)14-5-3-4-6-15(14)17/h3-6,16H,2,7-13,18H2,1H3. The zero-order valence-corrected chi connectivity index (χ0v) is 12.4. The molecule has 0 radical (unpaired) electrons.